The summed E-state index contributed by atoms with van der Waals surface area (Å²) in [7, 11) is 0. The number of furan rings is 1. The van der Waals surface area contributed by atoms with E-state index >= 15 is 0 Å². The standard InChI is InChI=1S/C21H23N5O2S/c1-15-22-21-26(23-15)20(27)19(29-21)18(17-8-5-13-28-17)25-11-9-24(10-12-25)14-16-6-3-2-4-7-16/h2-8,13,18,27H,9-12,14H2,1H3/p+2/t18-/m1/s1. The Morgan fingerprint density at radius 2 is 1.93 bits per heavy atom. The first-order valence-corrected chi connectivity index (χ1v) is 10.8. The van der Waals surface area contributed by atoms with Crippen LogP contribution >= 0.6 is 11.3 Å². The predicted octanol–water partition coefficient (Wildman–Crippen LogP) is 0.471. The average Bonchev–Trinajstić information content (AvgIpc) is 3.44. The van der Waals surface area contributed by atoms with Gasteiger partial charge in [-0.25, -0.2) is 4.98 Å². The molecule has 8 heteroatoms. The summed E-state index contributed by atoms with van der Waals surface area (Å²) in [5.74, 6) is 1.72. The molecule has 0 radical (unpaired) electrons. The van der Waals surface area contributed by atoms with Crippen LogP contribution in [0.3, 0.4) is 0 Å². The van der Waals surface area contributed by atoms with Crippen LogP contribution in [0.15, 0.2) is 53.1 Å². The quantitative estimate of drug-likeness (QED) is 0.447. The lowest BCUT2D eigenvalue weighted by Gasteiger charge is -2.33. The predicted molar refractivity (Wildman–Crippen MR) is 109 cm³/mol. The molecular weight excluding hydrogens is 386 g/mol. The molecule has 5 rings (SSSR count). The molecule has 4 heterocycles. The summed E-state index contributed by atoms with van der Waals surface area (Å²) in [6, 6.07) is 14.5. The van der Waals surface area contributed by atoms with Gasteiger partial charge in [0.05, 0.1) is 6.26 Å². The highest BCUT2D eigenvalue weighted by Gasteiger charge is 2.37. The molecular formula is C21H25N5O2S+2. The summed E-state index contributed by atoms with van der Waals surface area (Å²) in [4.78, 5) is 9.03. The second kappa shape index (κ2) is 7.62. The lowest BCUT2D eigenvalue weighted by Crippen LogP contribution is -3.27. The van der Waals surface area contributed by atoms with Gasteiger partial charge in [0.2, 0.25) is 10.8 Å². The van der Waals surface area contributed by atoms with E-state index in [4.69, 9.17) is 4.42 Å². The minimum Gasteiger partial charge on any atom is -0.492 e. The molecule has 3 aromatic heterocycles. The topological polar surface area (TPSA) is 72.4 Å². The fourth-order valence-electron chi connectivity index (χ4n) is 4.28. The van der Waals surface area contributed by atoms with Crippen LogP contribution in [-0.2, 0) is 6.54 Å². The van der Waals surface area contributed by atoms with E-state index in [1.165, 1.54) is 21.8 Å². The Morgan fingerprint density at radius 1 is 1.14 bits per heavy atom. The third-order valence-corrected chi connectivity index (χ3v) is 6.79. The van der Waals surface area contributed by atoms with Gasteiger partial charge >= 0.3 is 0 Å². The Hall–Kier alpha value is -2.68. The van der Waals surface area contributed by atoms with Crippen molar-refractivity contribution >= 4 is 16.3 Å². The van der Waals surface area contributed by atoms with Crippen molar-refractivity contribution in [2.24, 2.45) is 0 Å². The lowest BCUT2D eigenvalue weighted by molar-refractivity contribution is -1.03. The first kappa shape index (κ1) is 18.4. The highest BCUT2D eigenvalue weighted by atomic mass is 32.1. The number of quaternary nitrogens is 2. The second-order valence-electron chi connectivity index (χ2n) is 7.66. The normalized spacial score (nSPS) is 20.9. The molecule has 0 bridgehead atoms. The van der Waals surface area contributed by atoms with Gasteiger partial charge in [0.1, 0.15) is 43.4 Å². The van der Waals surface area contributed by atoms with Crippen molar-refractivity contribution in [2.45, 2.75) is 19.5 Å². The zero-order valence-electron chi connectivity index (χ0n) is 16.3. The van der Waals surface area contributed by atoms with Gasteiger partial charge in [-0.1, -0.05) is 41.7 Å². The van der Waals surface area contributed by atoms with Crippen molar-refractivity contribution in [1.82, 2.24) is 14.6 Å². The molecule has 0 unspecified atom stereocenters. The number of aryl methyl sites for hydroxylation is 1. The van der Waals surface area contributed by atoms with Gasteiger partial charge in [-0.2, -0.15) is 4.52 Å². The minimum atomic E-state index is -0.0444. The number of nitrogens with one attached hydrogen (secondary N) is 2. The first-order valence-electron chi connectivity index (χ1n) is 9.99. The molecule has 1 saturated heterocycles. The Balaban J connectivity index is 1.38. The fraction of sp³-hybridized carbons (Fsp3) is 0.333. The maximum atomic E-state index is 10.9. The summed E-state index contributed by atoms with van der Waals surface area (Å²) in [6.45, 7) is 7.09. The molecule has 150 valence electrons. The molecule has 0 saturated carbocycles. The largest absolute Gasteiger partial charge is 0.492 e. The third-order valence-electron chi connectivity index (χ3n) is 5.70. The zero-order valence-corrected chi connectivity index (χ0v) is 17.2. The lowest BCUT2D eigenvalue weighted by atomic mass is 10.1. The number of thiazole rings is 1. The molecule has 3 N–H and O–H groups in total. The van der Waals surface area contributed by atoms with E-state index in [0.717, 1.165) is 48.3 Å². The highest BCUT2D eigenvalue weighted by Crippen LogP contribution is 2.35. The van der Waals surface area contributed by atoms with Crippen molar-refractivity contribution in [3.05, 3.63) is 70.8 Å². The van der Waals surface area contributed by atoms with E-state index in [2.05, 4.69) is 40.4 Å². The SMILES string of the molecule is Cc1nc2sc([C@@H](c3ccco3)[NH+]3CC[NH+](Cc4ccccc4)CC3)c(O)n2n1. The molecule has 29 heavy (non-hydrogen) atoms. The summed E-state index contributed by atoms with van der Waals surface area (Å²) >= 11 is 1.50. The van der Waals surface area contributed by atoms with Crippen molar-refractivity contribution in [3.8, 4) is 5.88 Å². The highest BCUT2D eigenvalue weighted by molar-refractivity contribution is 7.17. The molecule has 0 amide bonds. The molecule has 1 aliphatic heterocycles. The number of hydrogen-bond acceptors (Lipinski definition) is 5. The van der Waals surface area contributed by atoms with Gasteiger partial charge in [-0.15, -0.1) is 5.10 Å². The average molecular weight is 412 g/mol. The maximum Gasteiger partial charge on any atom is 0.235 e. The van der Waals surface area contributed by atoms with Gasteiger partial charge in [-0.05, 0) is 19.1 Å². The van der Waals surface area contributed by atoms with E-state index < -0.39 is 0 Å². The van der Waals surface area contributed by atoms with Crippen LogP contribution in [0.5, 0.6) is 5.88 Å². The van der Waals surface area contributed by atoms with Gasteiger partial charge in [0, 0.05) is 5.56 Å². The van der Waals surface area contributed by atoms with E-state index in [1.807, 2.05) is 19.1 Å². The molecule has 1 atom stereocenters. The van der Waals surface area contributed by atoms with E-state index in [0.29, 0.717) is 5.82 Å². The smallest absolute Gasteiger partial charge is 0.235 e. The third kappa shape index (κ3) is 3.55. The maximum absolute atomic E-state index is 10.9. The molecule has 1 fully saturated rings. The van der Waals surface area contributed by atoms with Crippen LogP contribution in [0.25, 0.3) is 4.96 Å². The number of nitrogens with zero attached hydrogens (tertiary/aromatic N) is 3. The zero-order chi connectivity index (χ0) is 19.8. The van der Waals surface area contributed by atoms with Gasteiger partial charge in [0.25, 0.3) is 0 Å². The Labute approximate surface area is 172 Å². The van der Waals surface area contributed by atoms with Crippen molar-refractivity contribution in [2.75, 3.05) is 26.2 Å². The van der Waals surface area contributed by atoms with E-state index in [1.54, 1.807) is 15.7 Å². The van der Waals surface area contributed by atoms with Gasteiger partial charge in [-0.3, -0.25) is 0 Å². The van der Waals surface area contributed by atoms with Crippen molar-refractivity contribution < 1.29 is 19.3 Å². The monoisotopic (exact) mass is 411 g/mol. The van der Waals surface area contributed by atoms with Crippen molar-refractivity contribution in [1.29, 1.82) is 0 Å². The summed E-state index contributed by atoms with van der Waals surface area (Å²) < 4.78 is 7.34. The Kier molecular flexibility index (Phi) is 4.83. The molecule has 7 nitrogen and oxygen atoms in total. The van der Waals surface area contributed by atoms with Crippen LogP contribution < -0.4 is 9.80 Å². The number of piperazine rings is 1. The van der Waals surface area contributed by atoms with Gasteiger partial charge < -0.3 is 19.3 Å². The first-order chi connectivity index (χ1) is 14.2. The van der Waals surface area contributed by atoms with Crippen LogP contribution in [0.2, 0.25) is 0 Å². The summed E-state index contributed by atoms with van der Waals surface area (Å²) in [5, 5.41) is 15.2. The Bertz CT molecular complexity index is 1080. The van der Waals surface area contributed by atoms with Crippen LogP contribution in [0, 0.1) is 6.92 Å². The van der Waals surface area contributed by atoms with Crippen molar-refractivity contribution in [3.63, 3.8) is 0 Å². The molecule has 0 aliphatic carbocycles. The summed E-state index contributed by atoms with van der Waals surface area (Å²) in [6.07, 6.45) is 1.71. The number of benzene rings is 1. The number of aromatic hydroxyl groups is 1. The Morgan fingerprint density at radius 3 is 2.62 bits per heavy atom. The minimum absolute atomic E-state index is 0.0444. The van der Waals surface area contributed by atoms with Crippen LogP contribution in [0.1, 0.15) is 28.1 Å². The number of aromatic nitrogens is 3. The molecule has 0 spiro atoms. The van der Waals surface area contributed by atoms with Gasteiger partial charge in [0.15, 0.2) is 11.8 Å². The number of fused-ring (bicyclic) bond motifs is 1. The van der Waals surface area contributed by atoms with Crippen LogP contribution in [-0.4, -0.2) is 45.9 Å². The molecule has 1 aliphatic rings. The number of rotatable bonds is 5. The fourth-order valence-corrected chi connectivity index (χ4v) is 5.45. The van der Waals surface area contributed by atoms with E-state index in [9.17, 15) is 5.11 Å². The van der Waals surface area contributed by atoms with E-state index in [-0.39, 0.29) is 11.9 Å². The summed E-state index contributed by atoms with van der Waals surface area (Å²) in [5.41, 5.74) is 1.38. The molecule has 1 aromatic carbocycles. The number of hydrogen-bond donors (Lipinski definition) is 3. The second-order valence-corrected chi connectivity index (χ2v) is 8.67. The molecule has 4 aromatic rings. The van der Waals surface area contributed by atoms with Crippen LogP contribution in [0.4, 0.5) is 0 Å².